The molecule has 0 aliphatic heterocycles. The summed E-state index contributed by atoms with van der Waals surface area (Å²) in [6.45, 7) is 0. The molecule has 0 saturated heterocycles. The van der Waals surface area contributed by atoms with Crippen LogP contribution in [0, 0.1) is 5.82 Å². The predicted octanol–water partition coefficient (Wildman–Crippen LogP) is 3.50. The van der Waals surface area contributed by atoms with Crippen LogP contribution in [0.15, 0.2) is 53.7 Å². The summed E-state index contributed by atoms with van der Waals surface area (Å²) in [6, 6.07) is 6.87. The molecule has 0 fully saturated rings. The Hall–Kier alpha value is -2.75. The van der Waals surface area contributed by atoms with Gasteiger partial charge >= 0.3 is 6.18 Å². The van der Waals surface area contributed by atoms with E-state index in [2.05, 4.69) is 10.1 Å². The summed E-state index contributed by atoms with van der Waals surface area (Å²) in [7, 11) is -3.80. The van der Waals surface area contributed by atoms with Crippen LogP contribution in [0.4, 0.5) is 17.6 Å². The fourth-order valence-electron chi connectivity index (χ4n) is 2.36. The molecule has 26 heavy (non-hydrogen) atoms. The molecule has 0 bridgehead atoms. The van der Waals surface area contributed by atoms with E-state index in [0.29, 0.717) is 0 Å². The maximum absolute atomic E-state index is 14.2. The molecule has 0 spiro atoms. The summed E-state index contributed by atoms with van der Waals surface area (Å²) in [5.41, 5.74) is -0.930. The molecule has 2 aromatic heterocycles. The minimum absolute atomic E-state index is 0.0433. The largest absolute Gasteiger partial charge is 0.435 e. The molecule has 5 nitrogen and oxygen atoms in total. The minimum atomic E-state index is -4.70. The summed E-state index contributed by atoms with van der Waals surface area (Å²) >= 11 is 0. The zero-order valence-electron chi connectivity index (χ0n) is 13.2. The van der Waals surface area contributed by atoms with E-state index in [1.807, 2.05) is 0 Å². The topological polar surface area (TPSA) is 64.8 Å². The molecule has 1 aromatic carbocycles. The molecule has 0 unspecified atom stereocenters. The number of halogens is 4. The van der Waals surface area contributed by atoms with Gasteiger partial charge in [-0.15, -0.1) is 0 Å². The highest BCUT2D eigenvalue weighted by molar-refractivity contribution is 7.90. The fraction of sp³-hybridized carbons (Fsp3) is 0.125. The second-order valence-corrected chi connectivity index (χ2v) is 7.44. The third-order valence-electron chi connectivity index (χ3n) is 3.52. The number of pyridine rings is 1. The zero-order valence-corrected chi connectivity index (χ0v) is 14.0. The van der Waals surface area contributed by atoms with Crippen molar-refractivity contribution in [1.82, 2.24) is 14.8 Å². The molecule has 0 amide bonds. The van der Waals surface area contributed by atoms with Crippen LogP contribution in [0.25, 0.3) is 16.9 Å². The lowest BCUT2D eigenvalue weighted by Crippen LogP contribution is -2.07. The molecule has 0 aliphatic carbocycles. The van der Waals surface area contributed by atoms with Crippen LogP contribution in [0.3, 0.4) is 0 Å². The van der Waals surface area contributed by atoms with Gasteiger partial charge in [0.15, 0.2) is 15.5 Å². The quantitative estimate of drug-likeness (QED) is 0.648. The number of nitrogens with zero attached hydrogens (tertiary/aromatic N) is 3. The van der Waals surface area contributed by atoms with Gasteiger partial charge in [0.05, 0.1) is 17.6 Å². The standard InChI is InChI=1S/C16H11F4N3O2S/c1-26(24,25)14-5-4-10(7-12(14)17)13-8-15(16(18,19)20)22-23(13)11-3-2-6-21-9-11/h2-9H,1H3. The van der Waals surface area contributed by atoms with E-state index in [1.165, 1.54) is 30.6 Å². The molecule has 0 atom stereocenters. The Labute approximate surface area is 145 Å². The molecule has 0 N–H and O–H groups in total. The number of benzene rings is 1. The van der Waals surface area contributed by atoms with Crippen LogP contribution >= 0.6 is 0 Å². The molecule has 3 aromatic rings. The average molecular weight is 385 g/mol. The number of rotatable bonds is 3. The summed E-state index contributed by atoms with van der Waals surface area (Å²) < 4.78 is 77.4. The van der Waals surface area contributed by atoms with E-state index in [9.17, 15) is 26.0 Å². The molecule has 10 heteroatoms. The first kappa shape index (κ1) is 18.1. The highest BCUT2D eigenvalue weighted by atomic mass is 32.2. The first-order chi connectivity index (χ1) is 12.1. The first-order valence-electron chi connectivity index (χ1n) is 7.15. The normalized spacial score (nSPS) is 12.3. The van der Waals surface area contributed by atoms with Crippen molar-refractivity contribution in [2.75, 3.05) is 6.26 Å². The van der Waals surface area contributed by atoms with Crippen LogP contribution in [-0.4, -0.2) is 29.4 Å². The SMILES string of the molecule is CS(=O)(=O)c1ccc(-c2cc(C(F)(F)F)nn2-c2cccnc2)cc1F. The summed E-state index contributed by atoms with van der Waals surface area (Å²) in [6.07, 6.45) is -1.12. The Kier molecular flexibility index (Phi) is 4.31. The number of aromatic nitrogens is 3. The van der Waals surface area contributed by atoms with Gasteiger partial charge in [-0.05, 0) is 30.3 Å². The Morgan fingerprint density at radius 1 is 1.12 bits per heavy atom. The molecule has 136 valence electrons. The number of alkyl halides is 3. The van der Waals surface area contributed by atoms with Crippen LogP contribution in [0.5, 0.6) is 0 Å². The smallest absolute Gasteiger partial charge is 0.262 e. The van der Waals surface area contributed by atoms with Gasteiger partial charge < -0.3 is 0 Å². The Balaban J connectivity index is 2.21. The Bertz CT molecular complexity index is 1060. The Morgan fingerprint density at radius 3 is 2.38 bits per heavy atom. The molecular formula is C16H11F4N3O2S. The second-order valence-electron chi connectivity index (χ2n) is 5.45. The molecule has 0 radical (unpaired) electrons. The Morgan fingerprint density at radius 2 is 1.85 bits per heavy atom. The van der Waals surface area contributed by atoms with Crippen molar-refractivity contribution in [3.63, 3.8) is 0 Å². The van der Waals surface area contributed by atoms with Crippen LogP contribution in [-0.2, 0) is 16.0 Å². The number of hydrogen-bond acceptors (Lipinski definition) is 4. The van der Waals surface area contributed by atoms with E-state index in [-0.39, 0.29) is 16.9 Å². The summed E-state index contributed by atoms with van der Waals surface area (Å²) in [5, 5.41) is 3.54. The first-order valence-corrected chi connectivity index (χ1v) is 9.04. The maximum Gasteiger partial charge on any atom is 0.435 e. The second kappa shape index (κ2) is 6.20. The van der Waals surface area contributed by atoms with E-state index in [1.54, 1.807) is 0 Å². The third-order valence-corrected chi connectivity index (χ3v) is 4.65. The summed E-state index contributed by atoms with van der Waals surface area (Å²) in [5.74, 6) is -1.06. The van der Waals surface area contributed by atoms with Crippen molar-refractivity contribution >= 4 is 9.84 Å². The van der Waals surface area contributed by atoms with Gasteiger partial charge in [0.1, 0.15) is 10.7 Å². The number of hydrogen-bond donors (Lipinski definition) is 0. The highest BCUT2D eigenvalue weighted by Crippen LogP contribution is 2.33. The van der Waals surface area contributed by atoms with Crippen molar-refractivity contribution in [2.45, 2.75) is 11.1 Å². The van der Waals surface area contributed by atoms with Gasteiger partial charge in [0, 0.05) is 18.0 Å². The molecule has 2 heterocycles. The van der Waals surface area contributed by atoms with Crippen molar-refractivity contribution in [3.8, 4) is 16.9 Å². The van der Waals surface area contributed by atoms with E-state index < -0.39 is 32.4 Å². The van der Waals surface area contributed by atoms with Crippen molar-refractivity contribution < 1.29 is 26.0 Å². The highest BCUT2D eigenvalue weighted by Gasteiger charge is 2.35. The molecule has 3 rings (SSSR count). The molecule has 0 aliphatic rings. The lowest BCUT2D eigenvalue weighted by atomic mass is 10.1. The van der Waals surface area contributed by atoms with Crippen LogP contribution in [0.1, 0.15) is 5.69 Å². The van der Waals surface area contributed by atoms with Crippen LogP contribution < -0.4 is 0 Å². The van der Waals surface area contributed by atoms with E-state index >= 15 is 0 Å². The van der Waals surface area contributed by atoms with Gasteiger partial charge in [-0.1, -0.05) is 6.07 Å². The molecular weight excluding hydrogens is 374 g/mol. The van der Waals surface area contributed by atoms with Crippen LogP contribution in [0.2, 0.25) is 0 Å². The monoisotopic (exact) mass is 385 g/mol. The third kappa shape index (κ3) is 3.45. The van der Waals surface area contributed by atoms with Crippen molar-refractivity contribution in [2.24, 2.45) is 0 Å². The van der Waals surface area contributed by atoms with Crippen molar-refractivity contribution in [3.05, 3.63) is 60.3 Å². The maximum atomic E-state index is 14.2. The van der Waals surface area contributed by atoms with E-state index in [0.717, 1.165) is 29.1 Å². The fourth-order valence-corrected chi connectivity index (χ4v) is 3.09. The minimum Gasteiger partial charge on any atom is -0.262 e. The lowest BCUT2D eigenvalue weighted by Gasteiger charge is -2.08. The zero-order chi connectivity index (χ0) is 19.1. The van der Waals surface area contributed by atoms with E-state index in [4.69, 9.17) is 0 Å². The van der Waals surface area contributed by atoms with Gasteiger partial charge in [-0.25, -0.2) is 17.5 Å². The number of sulfone groups is 1. The predicted molar refractivity (Wildman–Crippen MR) is 84.9 cm³/mol. The summed E-state index contributed by atoms with van der Waals surface area (Å²) in [4.78, 5) is 3.30. The molecule has 0 saturated carbocycles. The van der Waals surface area contributed by atoms with Gasteiger partial charge in [0.25, 0.3) is 0 Å². The van der Waals surface area contributed by atoms with Crippen molar-refractivity contribution in [1.29, 1.82) is 0 Å². The average Bonchev–Trinajstić information content (AvgIpc) is 3.00. The van der Waals surface area contributed by atoms with Gasteiger partial charge in [-0.2, -0.15) is 18.3 Å². The van der Waals surface area contributed by atoms with Gasteiger partial charge in [0.2, 0.25) is 0 Å². The lowest BCUT2D eigenvalue weighted by molar-refractivity contribution is -0.141. The van der Waals surface area contributed by atoms with Gasteiger partial charge in [-0.3, -0.25) is 4.98 Å².